The number of aromatic nitrogens is 2. The van der Waals surface area contributed by atoms with Crippen molar-refractivity contribution < 1.29 is 30.3 Å². The van der Waals surface area contributed by atoms with Gasteiger partial charge in [0.05, 0.1) is 13.2 Å². The van der Waals surface area contributed by atoms with Gasteiger partial charge in [0.1, 0.15) is 12.2 Å². The molecule has 10 nitrogen and oxygen atoms in total. The number of nitrogens with zero attached hydrogens (tertiary/aromatic N) is 1. The van der Waals surface area contributed by atoms with Crippen molar-refractivity contribution in [2.45, 2.75) is 23.7 Å². The van der Waals surface area contributed by atoms with Gasteiger partial charge in [0, 0.05) is 12.3 Å². The second kappa shape index (κ2) is 4.77. The van der Waals surface area contributed by atoms with Gasteiger partial charge in [-0.2, -0.15) is 0 Å². The molecule has 4 atom stereocenters. The minimum atomic E-state index is -2.85. The van der Waals surface area contributed by atoms with Crippen LogP contribution in [0.2, 0.25) is 0 Å². The Bertz CT molecular complexity index is 612. The van der Waals surface area contributed by atoms with Crippen LogP contribution in [-0.2, 0) is 10.6 Å². The quantitative estimate of drug-likeness (QED) is 0.325. The highest BCUT2D eigenvalue weighted by Crippen LogP contribution is 2.40. The molecular formula is C10H14N2O8. The van der Waals surface area contributed by atoms with E-state index in [9.17, 15) is 30.0 Å². The van der Waals surface area contributed by atoms with Crippen molar-refractivity contribution in [2.24, 2.45) is 0 Å². The average molecular weight is 290 g/mol. The number of aliphatic hydroxyl groups excluding tert-OH is 3. The molecule has 0 aromatic carbocycles. The first kappa shape index (κ1) is 14.8. The van der Waals surface area contributed by atoms with E-state index >= 15 is 0 Å². The van der Waals surface area contributed by atoms with Gasteiger partial charge in [-0.1, -0.05) is 0 Å². The topological polar surface area (TPSA) is 165 Å². The number of nitrogens with one attached hydrogen (secondary N) is 1. The lowest BCUT2D eigenvalue weighted by molar-refractivity contribution is -0.332. The summed E-state index contributed by atoms with van der Waals surface area (Å²) >= 11 is 0. The fourth-order valence-electron chi connectivity index (χ4n) is 2.13. The van der Waals surface area contributed by atoms with Gasteiger partial charge in [0.15, 0.2) is 5.60 Å². The zero-order valence-corrected chi connectivity index (χ0v) is 10.1. The lowest BCUT2D eigenvalue weighted by atomic mass is 9.93. The van der Waals surface area contributed by atoms with Gasteiger partial charge in [-0.3, -0.25) is 9.78 Å². The number of hydrogen-bond acceptors (Lipinski definition) is 8. The summed E-state index contributed by atoms with van der Waals surface area (Å²) in [5.41, 5.74) is -4.54. The number of H-pyrrole nitrogens is 1. The first-order chi connectivity index (χ1) is 9.30. The van der Waals surface area contributed by atoms with Crippen molar-refractivity contribution in [3.8, 4) is 0 Å². The fourth-order valence-corrected chi connectivity index (χ4v) is 2.13. The van der Waals surface area contributed by atoms with E-state index in [0.717, 1.165) is 12.3 Å². The van der Waals surface area contributed by atoms with Crippen LogP contribution in [0.15, 0.2) is 21.9 Å². The Morgan fingerprint density at radius 3 is 2.50 bits per heavy atom. The van der Waals surface area contributed by atoms with E-state index < -0.39 is 48.2 Å². The van der Waals surface area contributed by atoms with Crippen molar-refractivity contribution in [1.29, 1.82) is 0 Å². The van der Waals surface area contributed by atoms with Gasteiger partial charge >= 0.3 is 5.69 Å². The van der Waals surface area contributed by atoms with Gasteiger partial charge < -0.3 is 30.3 Å². The second-order valence-electron chi connectivity index (χ2n) is 4.45. The van der Waals surface area contributed by atoms with Gasteiger partial charge in [0.25, 0.3) is 11.5 Å². The van der Waals surface area contributed by atoms with Gasteiger partial charge in [-0.15, -0.1) is 0 Å². The molecular weight excluding hydrogens is 276 g/mol. The van der Waals surface area contributed by atoms with E-state index in [4.69, 9.17) is 9.84 Å². The zero-order valence-electron chi connectivity index (χ0n) is 10.1. The molecule has 1 aliphatic rings. The van der Waals surface area contributed by atoms with E-state index in [2.05, 4.69) is 0 Å². The molecule has 0 spiro atoms. The minimum Gasteiger partial charge on any atom is -0.394 e. The van der Waals surface area contributed by atoms with Crippen LogP contribution in [0.5, 0.6) is 0 Å². The van der Waals surface area contributed by atoms with E-state index in [1.54, 1.807) is 0 Å². The van der Waals surface area contributed by atoms with Crippen molar-refractivity contribution in [2.75, 3.05) is 13.2 Å². The molecule has 0 unspecified atom stereocenters. The molecule has 1 fully saturated rings. The lowest BCUT2D eigenvalue weighted by Gasteiger charge is -2.36. The highest BCUT2D eigenvalue weighted by atomic mass is 16.7. The predicted molar refractivity (Wildman–Crippen MR) is 61.5 cm³/mol. The smallest absolute Gasteiger partial charge is 0.332 e. The fraction of sp³-hybridized carbons (Fsp3) is 0.600. The summed E-state index contributed by atoms with van der Waals surface area (Å²) in [6, 6.07) is 0.874. The van der Waals surface area contributed by atoms with E-state index in [-0.39, 0.29) is 0 Å². The van der Waals surface area contributed by atoms with Crippen LogP contribution >= 0.6 is 0 Å². The monoisotopic (exact) mass is 290 g/mol. The molecule has 0 bridgehead atoms. The molecule has 6 N–H and O–H groups in total. The number of ether oxygens (including phenoxy) is 1. The summed E-state index contributed by atoms with van der Waals surface area (Å²) in [4.78, 5) is 24.5. The average Bonchev–Trinajstić information content (AvgIpc) is 2.61. The Morgan fingerprint density at radius 2 is 2.00 bits per heavy atom. The SMILES string of the molecule is O=c1ccn([C@]2(O)O[C@H](CO)[C@@H](O)[C@]2(O)CO)c(=O)[nH]1. The lowest BCUT2D eigenvalue weighted by Crippen LogP contribution is -2.62. The summed E-state index contributed by atoms with van der Waals surface area (Å²) < 4.78 is 5.32. The van der Waals surface area contributed by atoms with Crippen molar-refractivity contribution in [1.82, 2.24) is 9.55 Å². The number of aliphatic hydroxyl groups is 5. The molecule has 0 saturated carbocycles. The normalized spacial score (nSPS) is 37.2. The molecule has 2 rings (SSSR count). The molecule has 20 heavy (non-hydrogen) atoms. The van der Waals surface area contributed by atoms with Crippen LogP contribution < -0.4 is 11.2 Å². The molecule has 112 valence electrons. The van der Waals surface area contributed by atoms with Crippen LogP contribution in [0.25, 0.3) is 0 Å². The Morgan fingerprint density at radius 1 is 1.35 bits per heavy atom. The van der Waals surface area contributed by atoms with Crippen LogP contribution in [-0.4, -0.2) is 66.1 Å². The summed E-state index contributed by atoms with van der Waals surface area (Å²) in [5.74, 6) is -2.85. The van der Waals surface area contributed by atoms with Gasteiger partial charge in [0.2, 0.25) is 0 Å². The third kappa shape index (κ3) is 1.82. The first-order valence-electron chi connectivity index (χ1n) is 5.65. The van der Waals surface area contributed by atoms with Crippen LogP contribution in [0.4, 0.5) is 0 Å². The molecule has 0 radical (unpaired) electrons. The minimum absolute atomic E-state index is 0.406. The summed E-state index contributed by atoms with van der Waals surface area (Å²) in [7, 11) is 0. The summed E-state index contributed by atoms with van der Waals surface area (Å²) in [6.07, 6.45) is -2.47. The van der Waals surface area contributed by atoms with Crippen LogP contribution in [0.1, 0.15) is 0 Å². The van der Waals surface area contributed by atoms with E-state index in [1.807, 2.05) is 4.98 Å². The Kier molecular flexibility index (Phi) is 3.54. The zero-order chi connectivity index (χ0) is 15.1. The maximum Gasteiger partial charge on any atom is 0.332 e. The molecule has 1 aromatic heterocycles. The van der Waals surface area contributed by atoms with Crippen molar-refractivity contribution in [3.05, 3.63) is 33.1 Å². The Hall–Kier alpha value is -1.56. The maximum absolute atomic E-state index is 11.7. The van der Waals surface area contributed by atoms with E-state index in [0.29, 0.717) is 4.57 Å². The van der Waals surface area contributed by atoms with Crippen molar-refractivity contribution in [3.63, 3.8) is 0 Å². The molecule has 0 amide bonds. The van der Waals surface area contributed by atoms with Crippen LogP contribution in [0.3, 0.4) is 0 Å². The molecule has 1 saturated heterocycles. The number of aromatic amines is 1. The molecule has 1 aromatic rings. The third-order valence-electron chi connectivity index (χ3n) is 3.29. The van der Waals surface area contributed by atoms with E-state index in [1.165, 1.54) is 0 Å². The molecule has 10 heteroatoms. The van der Waals surface area contributed by atoms with Gasteiger partial charge in [-0.25, -0.2) is 9.36 Å². The highest BCUT2D eigenvalue weighted by molar-refractivity contribution is 5.06. The molecule has 0 aliphatic carbocycles. The van der Waals surface area contributed by atoms with Crippen molar-refractivity contribution >= 4 is 0 Å². The number of rotatable bonds is 3. The largest absolute Gasteiger partial charge is 0.394 e. The Labute approximate surface area is 111 Å². The number of hydrogen-bond donors (Lipinski definition) is 6. The highest BCUT2D eigenvalue weighted by Gasteiger charge is 2.66. The molecule has 2 heterocycles. The third-order valence-corrected chi connectivity index (χ3v) is 3.29. The molecule has 1 aliphatic heterocycles. The van der Waals surface area contributed by atoms with Gasteiger partial charge in [-0.05, 0) is 0 Å². The second-order valence-corrected chi connectivity index (χ2v) is 4.45. The standard InChI is InChI=1S/C10H14N2O8/c13-3-5-7(16)9(18,4-14)10(19,20-5)12-2-1-6(15)11-8(12)17/h1-2,5,7,13-14,16,18-19H,3-4H2,(H,11,15,17)/t5-,7-,9-,10-/m1/s1. The predicted octanol–water partition coefficient (Wildman–Crippen LogP) is -4.39. The summed E-state index contributed by atoms with van der Waals surface area (Å²) in [5, 5.41) is 48.6. The first-order valence-corrected chi connectivity index (χ1v) is 5.65. The Balaban J connectivity index is 2.62. The summed E-state index contributed by atoms with van der Waals surface area (Å²) in [6.45, 7) is -1.93. The van der Waals surface area contributed by atoms with Crippen LogP contribution in [0, 0.1) is 0 Å². The maximum atomic E-state index is 11.7.